The lowest BCUT2D eigenvalue weighted by Crippen LogP contribution is -1.99. The highest BCUT2D eigenvalue weighted by Crippen LogP contribution is 2.29. The van der Waals surface area contributed by atoms with E-state index < -0.39 is 0 Å². The van der Waals surface area contributed by atoms with E-state index >= 15 is 0 Å². The molecule has 0 bridgehead atoms. The van der Waals surface area contributed by atoms with E-state index in [1.807, 2.05) is 19.1 Å². The number of hydrogen-bond donors (Lipinski definition) is 0. The average molecular weight is 251 g/mol. The molecule has 2 heterocycles. The first-order valence-corrected chi connectivity index (χ1v) is 6.12. The minimum Gasteiger partial charge on any atom is -0.465 e. The minimum atomic E-state index is -0.353. The van der Waals surface area contributed by atoms with Crippen molar-refractivity contribution in [3.05, 3.63) is 28.5 Å². The number of aryl methyl sites for hydroxylation is 2. The van der Waals surface area contributed by atoms with Crippen LogP contribution < -0.4 is 0 Å². The van der Waals surface area contributed by atoms with Crippen molar-refractivity contribution in [3.63, 3.8) is 0 Å². The minimum absolute atomic E-state index is 0.353. The predicted octanol–water partition coefficient (Wildman–Crippen LogP) is 3.06. The second-order valence-electron chi connectivity index (χ2n) is 3.54. The van der Waals surface area contributed by atoms with E-state index in [1.165, 1.54) is 18.4 Å². The van der Waals surface area contributed by atoms with Gasteiger partial charge in [0.25, 0.3) is 0 Å². The Hall–Kier alpha value is -1.62. The Morgan fingerprint density at radius 3 is 2.88 bits per heavy atom. The summed E-state index contributed by atoms with van der Waals surface area (Å²) in [5.41, 5.74) is 0.672. The van der Waals surface area contributed by atoms with Gasteiger partial charge in [-0.2, -0.15) is 0 Å². The average Bonchev–Trinajstić information content (AvgIpc) is 2.94. The van der Waals surface area contributed by atoms with E-state index in [1.54, 1.807) is 6.92 Å². The van der Waals surface area contributed by atoms with E-state index in [9.17, 15) is 4.79 Å². The molecular weight excluding hydrogens is 238 g/mol. The van der Waals surface area contributed by atoms with Gasteiger partial charge < -0.3 is 9.15 Å². The second kappa shape index (κ2) is 4.71. The lowest BCUT2D eigenvalue weighted by molar-refractivity contribution is 0.0605. The molecule has 0 aliphatic heterocycles. The number of carbonyl (C=O) groups is 1. The SMILES string of the molecule is CCc1ccc(-c2nc(C)c(C(=O)OC)s2)o1. The van der Waals surface area contributed by atoms with Crippen LogP contribution >= 0.6 is 11.3 Å². The maximum Gasteiger partial charge on any atom is 0.349 e. The fourth-order valence-corrected chi connectivity index (χ4v) is 2.41. The van der Waals surface area contributed by atoms with E-state index in [2.05, 4.69) is 4.98 Å². The van der Waals surface area contributed by atoms with Gasteiger partial charge in [0.2, 0.25) is 0 Å². The number of ether oxygens (including phenoxy) is 1. The third-order valence-electron chi connectivity index (χ3n) is 2.39. The molecule has 0 aliphatic carbocycles. The Morgan fingerprint density at radius 1 is 1.53 bits per heavy atom. The summed E-state index contributed by atoms with van der Waals surface area (Å²) in [5.74, 6) is 1.26. The Kier molecular flexibility index (Phi) is 3.28. The van der Waals surface area contributed by atoms with Crippen LogP contribution in [0.2, 0.25) is 0 Å². The molecule has 0 N–H and O–H groups in total. The number of hydrogen-bond acceptors (Lipinski definition) is 5. The van der Waals surface area contributed by atoms with Gasteiger partial charge in [0.05, 0.1) is 12.8 Å². The molecule has 17 heavy (non-hydrogen) atoms. The Morgan fingerprint density at radius 2 is 2.29 bits per heavy atom. The molecule has 2 rings (SSSR count). The van der Waals surface area contributed by atoms with Crippen molar-refractivity contribution in [2.45, 2.75) is 20.3 Å². The van der Waals surface area contributed by atoms with Crippen molar-refractivity contribution in [2.75, 3.05) is 7.11 Å². The molecule has 0 saturated heterocycles. The smallest absolute Gasteiger partial charge is 0.349 e. The molecule has 0 atom stereocenters. The van der Waals surface area contributed by atoms with E-state index in [4.69, 9.17) is 9.15 Å². The van der Waals surface area contributed by atoms with Gasteiger partial charge in [0.1, 0.15) is 10.6 Å². The molecule has 0 amide bonds. The quantitative estimate of drug-likeness (QED) is 0.787. The number of aromatic nitrogens is 1. The van der Waals surface area contributed by atoms with E-state index in [0.29, 0.717) is 21.3 Å². The molecule has 0 unspecified atom stereocenters. The van der Waals surface area contributed by atoms with Crippen molar-refractivity contribution in [3.8, 4) is 10.8 Å². The molecule has 4 nitrogen and oxygen atoms in total. The molecule has 0 saturated carbocycles. The zero-order valence-electron chi connectivity index (χ0n) is 9.94. The molecule has 0 aliphatic rings. The van der Waals surface area contributed by atoms with Gasteiger partial charge in [-0.1, -0.05) is 6.92 Å². The molecule has 90 valence electrons. The van der Waals surface area contributed by atoms with E-state index in [0.717, 1.165) is 12.2 Å². The first-order valence-electron chi connectivity index (χ1n) is 5.30. The summed E-state index contributed by atoms with van der Waals surface area (Å²) >= 11 is 1.29. The maximum absolute atomic E-state index is 11.5. The van der Waals surface area contributed by atoms with Crippen LogP contribution in [-0.2, 0) is 11.2 Å². The number of rotatable bonds is 3. The number of methoxy groups -OCH3 is 1. The molecule has 0 fully saturated rings. The van der Waals surface area contributed by atoms with Crippen molar-refractivity contribution in [1.82, 2.24) is 4.98 Å². The maximum atomic E-state index is 11.5. The predicted molar refractivity (Wildman–Crippen MR) is 65.3 cm³/mol. The van der Waals surface area contributed by atoms with Crippen LogP contribution in [0.4, 0.5) is 0 Å². The zero-order valence-corrected chi connectivity index (χ0v) is 10.8. The van der Waals surface area contributed by atoms with Gasteiger partial charge >= 0.3 is 5.97 Å². The highest BCUT2D eigenvalue weighted by atomic mass is 32.1. The molecule has 2 aromatic rings. The zero-order chi connectivity index (χ0) is 12.4. The van der Waals surface area contributed by atoms with Crippen molar-refractivity contribution < 1.29 is 13.9 Å². The highest BCUT2D eigenvalue weighted by molar-refractivity contribution is 7.17. The van der Waals surface area contributed by atoms with Crippen LogP contribution in [0.1, 0.15) is 28.0 Å². The molecular formula is C12H13NO3S. The number of nitrogens with zero attached hydrogens (tertiary/aromatic N) is 1. The number of furan rings is 1. The monoisotopic (exact) mass is 251 g/mol. The third kappa shape index (κ3) is 2.24. The standard InChI is InChI=1S/C12H13NO3S/c1-4-8-5-6-9(16-8)11-13-7(2)10(17-11)12(14)15-3/h5-6H,4H2,1-3H3. The molecule has 0 spiro atoms. The molecule has 2 aromatic heterocycles. The van der Waals surface area contributed by atoms with Crippen LogP contribution in [0.25, 0.3) is 10.8 Å². The Bertz CT molecular complexity index is 542. The summed E-state index contributed by atoms with van der Waals surface area (Å²) in [5, 5.41) is 0.711. The molecule has 0 aromatic carbocycles. The fourth-order valence-electron chi connectivity index (χ4n) is 1.47. The van der Waals surface area contributed by atoms with Gasteiger partial charge in [-0.25, -0.2) is 9.78 Å². The van der Waals surface area contributed by atoms with Gasteiger partial charge in [-0.3, -0.25) is 0 Å². The molecule has 0 radical (unpaired) electrons. The van der Waals surface area contributed by atoms with Gasteiger partial charge in [-0.05, 0) is 19.1 Å². The van der Waals surface area contributed by atoms with Crippen molar-refractivity contribution >= 4 is 17.3 Å². The Labute approximate surface area is 103 Å². The van der Waals surface area contributed by atoms with Gasteiger partial charge in [0, 0.05) is 6.42 Å². The normalized spacial score (nSPS) is 10.5. The summed E-state index contributed by atoms with van der Waals surface area (Å²) in [7, 11) is 1.36. The largest absolute Gasteiger partial charge is 0.465 e. The summed E-state index contributed by atoms with van der Waals surface area (Å²) in [6.45, 7) is 3.81. The van der Waals surface area contributed by atoms with Crippen LogP contribution in [0.3, 0.4) is 0 Å². The molecule has 5 heteroatoms. The van der Waals surface area contributed by atoms with Crippen molar-refractivity contribution in [1.29, 1.82) is 0 Å². The third-order valence-corrected chi connectivity index (χ3v) is 3.54. The lowest BCUT2D eigenvalue weighted by Gasteiger charge is -1.93. The second-order valence-corrected chi connectivity index (χ2v) is 4.54. The summed E-state index contributed by atoms with van der Waals surface area (Å²) in [6.07, 6.45) is 0.841. The first-order chi connectivity index (χ1) is 8.15. The van der Waals surface area contributed by atoms with Gasteiger partial charge in [-0.15, -0.1) is 11.3 Å². The summed E-state index contributed by atoms with van der Waals surface area (Å²) in [4.78, 5) is 16.3. The van der Waals surface area contributed by atoms with E-state index in [-0.39, 0.29) is 5.97 Å². The number of carbonyl (C=O) groups excluding carboxylic acids is 1. The topological polar surface area (TPSA) is 52.3 Å². The number of esters is 1. The lowest BCUT2D eigenvalue weighted by atomic mass is 10.3. The first kappa shape index (κ1) is 11.9. The number of thiazole rings is 1. The fraction of sp³-hybridized carbons (Fsp3) is 0.333. The summed E-state index contributed by atoms with van der Waals surface area (Å²) < 4.78 is 10.3. The highest BCUT2D eigenvalue weighted by Gasteiger charge is 2.18. The van der Waals surface area contributed by atoms with Crippen LogP contribution in [0, 0.1) is 6.92 Å². The van der Waals surface area contributed by atoms with Crippen molar-refractivity contribution in [2.24, 2.45) is 0 Å². The van der Waals surface area contributed by atoms with Gasteiger partial charge in [0.15, 0.2) is 10.8 Å². The Balaban J connectivity index is 2.37. The van der Waals surface area contributed by atoms with Crippen LogP contribution in [0.5, 0.6) is 0 Å². The summed E-state index contributed by atoms with van der Waals surface area (Å²) in [6, 6.07) is 3.79. The van der Waals surface area contributed by atoms with Crippen LogP contribution in [-0.4, -0.2) is 18.1 Å². The van der Waals surface area contributed by atoms with Crippen LogP contribution in [0.15, 0.2) is 16.5 Å².